The third-order valence-electron chi connectivity index (χ3n) is 2.23. The molecule has 0 bridgehead atoms. The van der Waals surface area contributed by atoms with E-state index in [4.69, 9.17) is 0 Å². The summed E-state index contributed by atoms with van der Waals surface area (Å²) in [4.78, 5) is 11.2. The molecule has 1 aromatic carbocycles. The Morgan fingerprint density at radius 1 is 1.31 bits per heavy atom. The molecule has 0 saturated heterocycles. The van der Waals surface area contributed by atoms with Crippen molar-refractivity contribution < 1.29 is 5.11 Å². The van der Waals surface area contributed by atoms with E-state index in [-0.39, 0.29) is 11.2 Å². The van der Waals surface area contributed by atoms with Crippen molar-refractivity contribution in [3.8, 4) is 5.75 Å². The second kappa shape index (κ2) is 2.73. The Bertz CT molecular complexity index is 432. The molecule has 0 radical (unpaired) electrons. The molecule has 1 aliphatic rings. The van der Waals surface area contributed by atoms with Crippen molar-refractivity contribution >= 4 is 5.57 Å². The summed E-state index contributed by atoms with van der Waals surface area (Å²) < 4.78 is 0. The molecule has 66 valence electrons. The van der Waals surface area contributed by atoms with Crippen LogP contribution in [0.5, 0.6) is 5.75 Å². The molecule has 0 amide bonds. The molecule has 2 nitrogen and oxygen atoms in total. The van der Waals surface area contributed by atoms with Gasteiger partial charge in [0.15, 0.2) is 5.75 Å². The van der Waals surface area contributed by atoms with Crippen LogP contribution >= 0.6 is 0 Å². The Kier molecular flexibility index (Phi) is 1.69. The molecule has 0 aromatic heterocycles. The fourth-order valence-corrected chi connectivity index (χ4v) is 1.37. The minimum absolute atomic E-state index is 0.138. The number of hydrogen-bond donors (Lipinski definition) is 1. The predicted octanol–water partition coefficient (Wildman–Crippen LogP) is 1.79. The van der Waals surface area contributed by atoms with E-state index in [2.05, 4.69) is 0 Å². The van der Waals surface area contributed by atoms with E-state index in [1.54, 1.807) is 18.2 Å². The third-order valence-corrected chi connectivity index (χ3v) is 2.23. The van der Waals surface area contributed by atoms with Crippen LogP contribution in [0.3, 0.4) is 0 Å². The van der Waals surface area contributed by atoms with E-state index < -0.39 is 0 Å². The Labute approximate surface area is 76.2 Å². The molecule has 0 saturated carbocycles. The van der Waals surface area contributed by atoms with Crippen LogP contribution in [0.1, 0.15) is 12.5 Å². The van der Waals surface area contributed by atoms with Crippen molar-refractivity contribution in [3.63, 3.8) is 0 Å². The van der Waals surface area contributed by atoms with Gasteiger partial charge in [-0.2, -0.15) is 0 Å². The molecule has 0 heterocycles. The smallest absolute Gasteiger partial charge is 0.220 e. The van der Waals surface area contributed by atoms with Crippen molar-refractivity contribution in [2.24, 2.45) is 5.92 Å². The fourth-order valence-electron chi connectivity index (χ4n) is 1.37. The van der Waals surface area contributed by atoms with E-state index >= 15 is 0 Å². The first-order valence-electron chi connectivity index (χ1n) is 4.24. The lowest BCUT2D eigenvalue weighted by molar-refractivity contribution is 0.469. The molecule has 0 spiro atoms. The fraction of sp³-hybridized carbons (Fsp3) is 0.182. The van der Waals surface area contributed by atoms with Gasteiger partial charge in [0.05, 0.1) is 0 Å². The van der Waals surface area contributed by atoms with Gasteiger partial charge in [0.1, 0.15) is 0 Å². The van der Waals surface area contributed by atoms with E-state index in [1.807, 2.05) is 13.0 Å². The van der Waals surface area contributed by atoms with Gasteiger partial charge in [-0.05, 0) is 11.6 Å². The standard InChI is InChI=1S/C11H10O2/c1-7-6-9(7)8-4-2-3-5-10(12)11(8)13/h2-7H,1H3,(H,12,13)/t7-/m1/s1. The molecular weight excluding hydrogens is 164 g/mol. The molecule has 0 unspecified atom stereocenters. The lowest BCUT2D eigenvalue weighted by Gasteiger charge is -1.94. The first-order chi connectivity index (χ1) is 6.20. The average molecular weight is 174 g/mol. The summed E-state index contributed by atoms with van der Waals surface area (Å²) in [6, 6.07) is 6.54. The Morgan fingerprint density at radius 2 is 1.92 bits per heavy atom. The van der Waals surface area contributed by atoms with Gasteiger partial charge < -0.3 is 5.11 Å². The predicted molar refractivity (Wildman–Crippen MR) is 51.5 cm³/mol. The van der Waals surface area contributed by atoms with E-state index in [0.29, 0.717) is 11.5 Å². The molecular formula is C11H10O2. The van der Waals surface area contributed by atoms with E-state index in [9.17, 15) is 9.90 Å². The maximum Gasteiger partial charge on any atom is 0.220 e. The average Bonchev–Trinajstić information content (AvgIpc) is 2.82. The van der Waals surface area contributed by atoms with Gasteiger partial charge in [-0.1, -0.05) is 31.2 Å². The van der Waals surface area contributed by atoms with Gasteiger partial charge in [0.2, 0.25) is 5.43 Å². The largest absolute Gasteiger partial charge is 0.504 e. The van der Waals surface area contributed by atoms with Gasteiger partial charge in [0.25, 0.3) is 0 Å². The molecule has 2 rings (SSSR count). The first kappa shape index (κ1) is 8.05. The van der Waals surface area contributed by atoms with Crippen LogP contribution in [0, 0.1) is 5.92 Å². The molecule has 1 aliphatic carbocycles. The highest BCUT2D eigenvalue weighted by molar-refractivity contribution is 5.82. The summed E-state index contributed by atoms with van der Waals surface area (Å²) in [6.45, 7) is 2.03. The van der Waals surface area contributed by atoms with Crippen molar-refractivity contribution in [2.75, 3.05) is 0 Å². The summed E-state index contributed by atoms with van der Waals surface area (Å²) in [6.07, 6.45) is 2.02. The number of rotatable bonds is 1. The molecule has 13 heavy (non-hydrogen) atoms. The highest BCUT2D eigenvalue weighted by Gasteiger charge is 2.23. The minimum Gasteiger partial charge on any atom is -0.504 e. The summed E-state index contributed by atoms with van der Waals surface area (Å²) in [7, 11) is 0. The van der Waals surface area contributed by atoms with Crippen LogP contribution in [0.4, 0.5) is 0 Å². The van der Waals surface area contributed by atoms with Crippen LogP contribution in [-0.2, 0) is 0 Å². The summed E-state index contributed by atoms with van der Waals surface area (Å²) >= 11 is 0. The molecule has 1 aromatic rings. The number of allylic oxidation sites excluding steroid dienone is 2. The normalized spacial score (nSPS) is 19.5. The van der Waals surface area contributed by atoms with Gasteiger partial charge in [-0.15, -0.1) is 0 Å². The third kappa shape index (κ3) is 1.35. The topological polar surface area (TPSA) is 37.3 Å². The maximum absolute atomic E-state index is 11.2. The summed E-state index contributed by atoms with van der Waals surface area (Å²) in [5.41, 5.74) is 1.41. The van der Waals surface area contributed by atoms with Crippen molar-refractivity contribution in [2.45, 2.75) is 6.92 Å². The van der Waals surface area contributed by atoms with Crippen molar-refractivity contribution in [1.82, 2.24) is 0 Å². The van der Waals surface area contributed by atoms with Crippen LogP contribution in [0.15, 0.2) is 35.1 Å². The van der Waals surface area contributed by atoms with Crippen LogP contribution in [0.2, 0.25) is 0 Å². The van der Waals surface area contributed by atoms with Gasteiger partial charge in [-0.25, -0.2) is 0 Å². The number of aromatic hydroxyl groups is 1. The van der Waals surface area contributed by atoms with E-state index in [0.717, 1.165) is 5.57 Å². The molecule has 1 N–H and O–H groups in total. The lowest BCUT2D eigenvalue weighted by Crippen LogP contribution is -1.94. The lowest BCUT2D eigenvalue weighted by atomic mass is 10.1. The van der Waals surface area contributed by atoms with Gasteiger partial charge in [-0.3, -0.25) is 4.79 Å². The molecule has 0 fully saturated rings. The summed E-state index contributed by atoms with van der Waals surface area (Å²) in [5.74, 6) is 0.258. The van der Waals surface area contributed by atoms with E-state index in [1.165, 1.54) is 6.07 Å². The number of hydrogen-bond acceptors (Lipinski definition) is 2. The Morgan fingerprint density at radius 3 is 2.54 bits per heavy atom. The van der Waals surface area contributed by atoms with Crippen molar-refractivity contribution in [3.05, 3.63) is 46.1 Å². The zero-order valence-corrected chi connectivity index (χ0v) is 7.32. The Balaban J connectivity index is 2.60. The quantitative estimate of drug-likeness (QED) is 0.704. The second-order valence-corrected chi connectivity index (χ2v) is 3.26. The molecule has 2 heteroatoms. The van der Waals surface area contributed by atoms with Crippen LogP contribution < -0.4 is 5.43 Å². The molecule has 1 atom stereocenters. The maximum atomic E-state index is 11.2. The first-order valence-corrected chi connectivity index (χ1v) is 4.24. The minimum atomic E-state index is -0.319. The van der Waals surface area contributed by atoms with Gasteiger partial charge in [0, 0.05) is 11.5 Å². The second-order valence-electron chi connectivity index (χ2n) is 3.26. The molecule has 0 aliphatic heterocycles. The SMILES string of the molecule is C[C@@H]1C=C1c1ccccc(=O)c1O. The highest BCUT2D eigenvalue weighted by atomic mass is 16.3. The van der Waals surface area contributed by atoms with Crippen LogP contribution in [-0.4, -0.2) is 5.11 Å². The monoisotopic (exact) mass is 174 g/mol. The highest BCUT2D eigenvalue weighted by Crippen LogP contribution is 2.39. The summed E-state index contributed by atoms with van der Waals surface area (Å²) in [5, 5.41) is 9.53. The van der Waals surface area contributed by atoms with Crippen LogP contribution in [0.25, 0.3) is 5.57 Å². The zero-order valence-electron chi connectivity index (χ0n) is 7.32. The van der Waals surface area contributed by atoms with Crippen molar-refractivity contribution in [1.29, 1.82) is 0 Å². The van der Waals surface area contributed by atoms with Gasteiger partial charge >= 0.3 is 0 Å². The Hall–Kier alpha value is -1.57. The zero-order chi connectivity index (χ0) is 9.42.